The van der Waals surface area contributed by atoms with E-state index in [1.807, 2.05) is 11.8 Å². The molecule has 5 heteroatoms. The molecule has 1 aliphatic heterocycles. The molecule has 0 aromatic heterocycles. The number of rotatable bonds is 4. The van der Waals surface area contributed by atoms with Crippen molar-refractivity contribution < 1.29 is 14.0 Å². The van der Waals surface area contributed by atoms with Crippen molar-refractivity contribution in [1.29, 1.82) is 0 Å². The maximum atomic E-state index is 13.5. The van der Waals surface area contributed by atoms with E-state index >= 15 is 0 Å². The lowest BCUT2D eigenvalue weighted by atomic mass is 10.0. The van der Waals surface area contributed by atoms with E-state index in [0.717, 1.165) is 12.8 Å². The number of hydrogen-bond acceptors (Lipinski definition) is 2. The van der Waals surface area contributed by atoms with Gasteiger partial charge in [0, 0.05) is 25.6 Å². The van der Waals surface area contributed by atoms with Crippen LogP contribution < -0.4 is 5.32 Å². The van der Waals surface area contributed by atoms with Gasteiger partial charge in [-0.2, -0.15) is 0 Å². The predicted octanol–water partition coefficient (Wildman–Crippen LogP) is 1.89. The Bertz CT molecular complexity index is 511. The van der Waals surface area contributed by atoms with Crippen LogP contribution in [0.25, 0.3) is 0 Å². The minimum atomic E-state index is -0.351. The standard InChI is InChI=1S/C16H21FN2O2/c1-2-16(21)19-9-7-13(8-10-19)18-15(20)11-12-5-3-4-6-14(12)17/h3-6,13H,2,7-11H2,1H3,(H,18,20). The van der Waals surface area contributed by atoms with Crippen molar-refractivity contribution in [3.8, 4) is 0 Å². The lowest BCUT2D eigenvalue weighted by Crippen LogP contribution is -2.46. The van der Waals surface area contributed by atoms with Gasteiger partial charge in [-0.1, -0.05) is 25.1 Å². The van der Waals surface area contributed by atoms with Gasteiger partial charge in [-0.25, -0.2) is 4.39 Å². The summed E-state index contributed by atoms with van der Waals surface area (Å²) in [7, 11) is 0. The van der Waals surface area contributed by atoms with E-state index in [9.17, 15) is 14.0 Å². The number of benzene rings is 1. The Balaban J connectivity index is 1.80. The molecule has 1 saturated heterocycles. The molecule has 1 aromatic rings. The third-order valence-electron chi connectivity index (χ3n) is 3.82. The maximum Gasteiger partial charge on any atom is 0.224 e. The fourth-order valence-electron chi connectivity index (χ4n) is 2.59. The summed E-state index contributed by atoms with van der Waals surface area (Å²) in [5, 5.41) is 2.93. The molecule has 2 rings (SSSR count). The van der Waals surface area contributed by atoms with E-state index in [1.54, 1.807) is 18.2 Å². The molecular formula is C16H21FN2O2. The second kappa shape index (κ2) is 7.20. The second-order valence-electron chi connectivity index (χ2n) is 5.34. The third kappa shape index (κ3) is 4.28. The fourth-order valence-corrected chi connectivity index (χ4v) is 2.59. The molecule has 1 heterocycles. The zero-order valence-electron chi connectivity index (χ0n) is 12.3. The van der Waals surface area contributed by atoms with Crippen LogP contribution >= 0.6 is 0 Å². The summed E-state index contributed by atoms with van der Waals surface area (Å²) in [5.74, 6) is -0.359. The van der Waals surface area contributed by atoms with Crippen LogP contribution in [0.15, 0.2) is 24.3 Å². The second-order valence-corrected chi connectivity index (χ2v) is 5.34. The molecule has 2 amide bonds. The average Bonchev–Trinajstić information content (AvgIpc) is 2.49. The molecule has 4 nitrogen and oxygen atoms in total. The van der Waals surface area contributed by atoms with Crippen molar-refractivity contribution in [3.05, 3.63) is 35.6 Å². The van der Waals surface area contributed by atoms with Crippen LogP contribution in [-0.4, -0.2) is 35.8 Å². The van der Waals surface area contributed by atoms with Crippen LogP contribution in [0.2, 0.25) is 0 Å². The zero-order chi connectivity index (χ0) is 15.2. The van der Waals surface area contributed by atoms with Crippen LogP contribution in [0, 0.1) is 5.82 Å². The van der Waals surface area contributed by atoms with Gasteiger partial charge in [0.15, 0.2) is 0 Å². The molecule has 1 aromatic carbocycles. The number of nitrogens with one attached hydrogen (secondary N) is 1. The van der Waals surface area contributed by atoms with Crippen LogP contribution in [-0.2, 0) is 16.0 Å². The molecule has 0 aliphatic carbocycles. The Kier molecular flexibility index (Phi) is 5.31. The molecule has 114 valence electrons. The predicted molar refractivity (Wildman–Crippen MR) is 78.1 cm³/mol. The van der Waals surface area contributed by atoms with E-state index < -0.39 is 0 Å². The van der Waals surface area contributed by atoms with E-state index in [1.165, 1.54) is 6.07 Å². The molecule has 0 atom stereocenters. The zero-order valence-corrected chi connectivity index (χ0v) is 12.3. The summed E-state index contributed by atoms with van der Waals surface area (Å²) < 4.78 is 13.5. The summed E-state index contributed by atoms with van der Waals surface area (Å²) >= 11 is 0. The summed E-state index contributed by atoms with van der Waals surface area (Å²) in [6.45, 7) is 3.21. The number of carbonyl (C=O) groups is 2. The smallest absolute Gasteiger partial charge is 0.224 e. The highest BCUT2D eigenvalue weighted by Gasteiger charge is 2.23. The van der Waals surface area contributed by atoms with Gasteiger partial charge in [0.25, 0.3) is 0 Å². The van der Waals surface area contributed by atoms with Crippen LogP contribution in [0.4, 0.5) is 4.39 Å². The first-order chi connectivity index (χ1) is 10.1. The Labute approximate surface area is 124 Å². The number of carbonyl (C=O) groups excluding carboxylic acids is 2. The minimum absolute atomic E-state index is 0.0563. The molecule has 0 bridgehead atoms. The van der Waals surface area contributed by atoms with Gasteiger partial charge >= 0.3 is 0 Å². The first-order valence-electron chi connectivity index (χ1n) is 7.40. The summed E-state index contributed by atoms with van der Waals surface area (Å²) in [6.07, 6.45) is 2.09. The first-order valence-corrected chi connectivity index (χ1v) is 7.40. The van der Waals surface area contributed by atoms with Gasteiger partial charge in [0.1, 0.15) is 5.82 Å². The van der Waals surface area contributed by atoms with Crippen LogP contribution in [0.1, 0.15) is 31.7 Å². The number of amides is 2. The van der Waals surface area contributed by atoms with E-state index in [-0.39, 0.29) is 30.1 Å². The van der Waals surface area contributed by atoms with Crippen molar-refractivity contribution in [2.24, 2.45) is 0 Å². The average molecular weight is 292 g/mol. The lowest BCUT2D eigenvalue weighted by molar-refractivity contribution is -0.132. The Morgan fingerprint density at radius 1 is 1.29 bits per heavy atom. The third-order valence-corrected chi connectivity index (χ3v) is 3.82. The molecular weight excluding hydrogens is 271 g/mol. The molecule has 1 fully saturated rings. The SMILES string of the molecule is CCC(=O)N1CCC(NC(=O)Cc2ccccc2F)CC1. The summed E-state index contributed by atoms with van der Waals surface area (Å²) in [4.78, 5) is 25.4. The number of likely N-dealkylation sites (tertiary alicyclic amines) is 1. The largest absolute Gasteiger partial charge is 0.353 e. The normalized spacial score (nSPS) is 15.8. The first kappa shape index (κ1) is 15.5. The van der Waals surface area contributed by atoms with Crippen LogP contribution in [0.5, 0.6) is 0 Å². The quantitative estimate of drug-likeness (QED) is 0.921. The van der Waals surface area contributed by atoms with Gasteiger partial charge in [0.05, 0.1) is 6.42 Å². The molecule has 21 heavy (non-hydrogen) atoms. The number of piperidine rings is 1. The maximum absolute atomic E-state index is 13.5. The Morgan fingerprint density at radius 3 is 2.57 bits per heavy atom. The highest BCUT2D eigenvalue weighted by atomic mass is 19.1. The molecule has 0 unspecified atom stereocenters. The minimum Gasteiger partial charge on any atom is -0.353 e. The molecule has 0 radical (unpaired) electrons. The Hall–Kier alpha value is -1.91. The van der Waals surface area contributed by atoms with Crippen molar-refractivity contribution in [2.45, 2.75) is 38.6 Å². The van der Waals surface area contributed by atoms with E-state index in [4.69, 9.17) is 0 Å². The van der Waals surface area contributed by atoms with Gasteiger partial charge in [-0.05, 0) is 24.5 Å². The monoisotopic (exact) mass is 292 g/mol. The highest BCUT2D eigenvalue weighted by Crippen LogP contribution is 2.12. The van der Waals surface area contributed by atoms with Crippen LogP contribution in [0.3, 0.4) is 0 Å². The molecule has 0 spiro atoms. The molecule has 1 aliphatic rings. The van der Waals surface area contributed by atoms with Crippen molar-refractivity contribution in [3.63, 3.8) is 0 Å². The Morgan fingerprint density at radius 2 is 1.95 bits per heavy atom. The number of halogens is 1. The molecule has 0 saturated carbocycles. The number of hydrogen-bond donors (Lipinski definition) is 1. The molecule has 1 N–H and O–H groups in total. The number of nitrogens with zero attached hydrogens (tertiary/aromatic N) is 1. The fraction of sp³-hybridized carbons (Fsp3) is 0.500. The summed E-state index contributed by atoms with van der Waals surface area (Å²) in [6, 6.07) is 6.39. The van der Waals surface area contributed by atoms with E-state index in [0.29, 0.717) is 25.1 Å². The summed E-state index contributed by atoms with van der Waals surface area (Å²) in [5.41, 5.74) is 0.411. The van der Waals surface area contributed by atoms with Gasteiger partial charge in [-0.15, -0.1) is 0 Å². The topological polar surface area (TPSA) is 49.4 Å². The van der Waals surface area contributed by atoms with Gasteiger partial charge in [-0.3, -0.25) is 9.59 Å². The van der Waals surface area contributed by atoms with E-state index in [2.05, 4.69) is 5.32 Å². The van der Waals surface area contributed by atoms with Crippen molar-refractivity contribution in [1.82, 2.24) is 10.2 Å². The van der Waals surface area contributed by atoms with Crippen molar-refractivity contribution >= 4 is 11.8 Å². The van der Waals surface area contributed by atoms with Crippen molar-refractivity contribution in [2.75, 3.05) is 13.1 Å². The highest BCUT2D eigenvalue weighted by molar-refractivity contribution is 5.79. The van der Waals surface area contributed by atoms with Gasteiger partial charge < -0.3 is 10.2 Å². The van der Waals surface area contributed by atoms with Gasteiger partial charge in [0.2, 0.25) is 11.8 Å². The lowest BCUT2D eigenvalue weighted by Gasteiger charge is -2.32.